The van der Waals surface area contributed by atoms with Crippen LogP contribution in [0, 0.1) is 12.7 Å². The molecule has 0 saturated heterocycles. The first kappa shape index (κ1) is 14.4. The molecule has 4 heteroatoms. The Morgan fingerprint density at radius 2 is 2.00 bits per heavy atom. The fourth-order valence-corrected chi connectivity index (χ4v) is 2.15. The van der Waals surface area contributed by atoms with Gasteiger partial charge in [-0.2, -0.15) is 0 Å². The van der Waals surface area contributed by atoms with Crippen LogP contribution in [0.5, 0.6) is 0 Å². The molecule has 0 bridgehead atoms. The highest BCUT2D eigenvalue weighted by molar-refractivity contribution is 5.68. The molecule has 0 aliphatic heterocycles. The molecule has 2 rings (SSSR count). The van der Waals surface area contributed by atoms with E-state index < -0.39 is 0 Å². The molecule has 0 atom stereocenters. The average Bonchev–Trinajstić information content (AvgIpc) is 2.43. The van der Waals surface area contributed by atoms with Gasteiger partial charge < -0.3 is 5.32 Å². The van der Waals surface area contributed by atoms with Crippen molar-refractivity contribution in [2.45, 2.75) is 33.6 Å². The van der Waals surface area contributed by atoms with E-state index in [4.69, 9.17) is 0 Å². The quantitative estimate of drug-likeness (QED) is 0.895. The maximum Gasteiger partial charge on any atom is 0.133 e. The van der Waals surface area contributed by atoms with Crippen LogP contribution in [-0.2, 0) is 6.42 Å². The normalized spacial score (nSPS) is 10.6. The molecule has 0 amide bonds. The Morgan fingerprint density at radius 1 is 1.20 bits per heavy atom. The molecule has 1 aromatic heterocycles. The Bertz CT molecular complexity index is 596. The molecule has 1 heterocycles. The van der Waals surface area contributed by atoms with Gasteiger partial charge in [0.25, 0.3) is 0 Å². The highest BCUT2D eigenvalue weighted by atomic mass is 19.1. The molecule has 20 heavy (non-hydrogen) atoms. The Hall–Kier alpha value is -1.97. The van der Waals surface area contributed by atoms with E-state index in [0.717, 1.165) is 47.8 Å². The second-order valence-corrected chi connectivity index (χ2v) is 4.75. The molecule has 0 unspecified atom stereocenters. The van der Waals surface area contributed by atoms with Crippen molar-refractivity contribution in [1.29, 1.82) is 0 Å². The number of aryl methyl sites for hydroxylation is 1. The van der Waals surface area contributed by atoms with Crippen LogP contribution in [0.4, 0.5) is 10.2 Å². The summed E-state index contributed by atoms with van der Waals surface area (Å²) in [7, 11) is 0. The molecule has 0 aliphatic rings. The van der Waals surface area contributed by atoms with Crippen LogP contribution in [-0.4, -0.2) is 16.5 Å². The predicted molar refractivity (Wildman–Crippen MR) is 80.3 cm³/mol. The van der Waals surface area contributed by atoms with Gasteiger partial charge in [-0.25, -0.2) is 14.4 Å². The second-order valence-electron chi connectivity index (χ2n) is 4.75. The summed E-state index contributed by atoms with van der Waals surface area (Å²) in [6, 6.07) is 6.54. The lowest BCUT2D eigenvalue weighted by molar-refractivity contribution is 0.628. The number of anilines is 1. The summed E-state index contributed by atoms with van der Waals surface area (Å²) in [5, 5.41) is 3.25. The topological polar surface area (TPSA) is 37.8 Å². The third-order valence-electron chi connectivity index (χ3n) is 3.11. The molecule has 0 saturated carbocycles. The number of benzene rings is 1. The summed E-state index contributed by atoms with van der Waals surface area (Å²) >= 11 is 0. The van der Waals surface area contributed by atoms with E-state index in [1.54, 1.807) is 6.07 Å². The van der Waals surface area contributed by atoms with Crippen LogP contribution in [0.15, 0.2) is 24.3 Å². The third kappa shape index (κ3) is 3.13. The lowest BCUT2D eigenvalue weighted by Gasteiger charge is -2.13. The van der Waals surface area contributed by atoms with Gasteiger partial charge in [0.05, 0.1) is 5.69 Å². The van der Waals surface area contributed by atoms with Crippen molar-refractivity contribution in [3.05, 3.63) is 41.5 Å². The Morgan fingerprint density at radius 3 is 2.65 bits per heavy atom. The summed E-state index contributed by atoms with van der Waals surface area (Å²) < 4.78 is 13.4. The van der Waals surface area contributed by atoms with E-state index in [9.17, 15) is 4.39 Å². The molecule has 0 radical (unpaired) electrons. The van der Waals surface area contributed by atoms with Gasteiger partial charge in [0.2, 0.25) is 0 Å². The van der Waals surface area contributed by atoms with Gasteiger partial charge in [0, 0.05) is 24.1 Å². The lowest BCUT2D eigenvalue weighted by atomic mass is 10.1. The van der Waals surface area contributed by atoms with Gasteiger partial charge in [0.15, 0.2) is 0 Å². The SMILES string of the molecule is CCCc1nc(NCC)c(C)c(-c2cccc(F)c2)n1. The summed E-state index contributed by atoms with van der Waals surface area (Å²) in [4.78, 5) is 9.14. The molecule has 1 aromatic carbocycles. The fourth-order valence-electron chi connectivity index (χ4n) is 2.15. The first-order valence-corrected chi connectivity index (χ1v) is 7.03. The molecule has 3 nitrogen and oxygen atoms in total. The van der Waals surface area contributed by atoms with Gasteiger partial charge >= 0.3 is 0 Å². The van der Waals surface area contributed by atoms with Crippen LogP contribution in [0.1, 0.15) is 31.7 Å². The molecule has 0 spiro atoms. The molecule has 0 fully saturated rings. The van der Waals surface area contributed by atoms with E-state index in [-0.39, 0.29) is 5.82 Å². The minimum atomic E-state index is -0.248. The van der Waals surface area contributed by atoms with Crippen LogP contribution in [0.3, 0.4) is 0 Å². The summed E-state index contributed by atoms with van der Waals surface area (Å²) in [6.45, 7) is 6.89. The maximum atomic E-state index is 13.4. The third-order valence-corrected chi connectivity index (χ3v) is 3.11. The first-order chi connectivity index (χ1) is 9.65. The molecular weight excluding hydrogens is 253 g/mol. The molecule has 106 valence electrons. The number of nitrogens with zero attached hydrogens (tertiary/aromatic N) is 2. The standard InChI is InChI=1S/C16H20FN3/c1-4-7-14-19-15(11(3)16(20-14)18-5-2)12-8-6-9-13(17)10-12/h6,8-10H,4-5,7H2,1-3H3,(H,18,19,20). The van der Waals surface area contributed by atoms with Gasteiger partial charge in [-0.15, -0.1) is 0 Å². The Labute approximate surface area is 119 Å². The van der Waals surface area contributed by atoms with Crippen LogP contribution in [0.25, 0.3) is 11.3 Å². The van der Waals surface area contributed by atoms with Crippen molar-refractivity contribution in [1.82, 2.24) is 9.97 Å². The van der Waals surface area contributed by atoms with Gasteiger partial charge in [-0.1, -0.05) is 19.1 Å². The van der Waals surface area contributed by atoms with Crippen molar-refractivity contribution < 1.29 is 4.39 Å². The number of halogens is 1. The smallest absolute Gasteiger partial charge is 0.133 e. The van der Waals surface area contributed by atoms with Crippen LogP contribution >= 0.6 is 0 Å². The van der Waals surface area contributed by atoms with E-state index >= 15 is 0 Å². The van der Waals surface area contributed by atoms with Crippen molar-refractivity contribution in [2.24, 2.45) is 0 Å². The Balaban J connectivity index is 2.55. The largest absolute Gasteiger partial charge is 0.370 e. The predicted octanol–water partition coefficient (Wildman–Crippen LogP) is 3.98. The monoisotopic (exact) mass is 273 g/mol. The fraction of sp³-hybridized carbons (Fsp3) is 0.375. The minimum absolute atomic E-state index is 0.248. The van der Waals surface area contributed by atoms with Gasteiger partial charge in [-0.05, 0) is 32.4 Å². The number of aromatic nitrogens is 2. The average molecular weight is 273 g/mol. The van der Waals surface area contributed by atoms with Crippen molar-refractivity contribution >= 4 is 5.82 Å². The lowest BCUT2D eigenvalue weighted by Crippen LogP contribution is -2.08. The van der Waals surface area contributed by atoms with E-state index in [0.29, 0.717) is 0 Å². The van der Waals surface area contributed by atoms with Gasteiger partial charge in [0.1, 0.15) is 17.5 Å². The molecular formula is C16H20FN3. The van der Waals surface area contributed by atoms with E-state index in [1.165, 1.54) is 12.1 Å². The zero-order valence-corrected chi connectivity index (χ0v) is 12.2. The molecule has 1 N–H and O–H groups in total. The number of hydrogen-bond acceptors (Lipinski definition) is 3. The van der Waals surface area contributed by atoms with Crippen molar-refractivity contribution in [3.8, 4) is 11.3 Å². The maximum absolute atomic E-state index is 13.4. The molecule has 0 aliphatic carbocycles. The summed E-state index contributed by atoms with van der Waals surface area (Å²) in [6.07, 6.45) is 1.80. The number of nitrogens with one attached hydrogen (secondary N) is 1. The zero-order chi connectivity index (χ0) is 14.5. The number of rotatable bonds is 5. The van der Waals surface area contributed by atoms with Crippen LogP contribution < -0.4 is 5.32 Å². The highest BCUT2D eigenvalue weighted by Crippen LogP contribution is 2.26. The minimum Gasteiger partial charge on any atom is -0.370 e. The highest BCUT2D eigenvalue weighted by Gasteiger charge is 2.12. The van der Waals surface area contributed by atoms with Crippen LogP contribution in [0.2, 0.25) is 0 Å². The zero-order valence-electron chi connectivity index (χ0n) is 12.2. The van der Waals surface area contributed by atoms with Gasteiger partial charge in [-0.3, -0.25) is 0 Å². The van der Waals surface area contributed by atoms with Crippen molar-refractivity contribution in [2.75, 3.05) is 11.9 Å². The first-order valence-electron chi connectivity index (χ1n) is 7.03. The summed E-state index contributed by atoms with van der Waals surface area (Å²) in [5.41, 5.74) is 2.55. The molecule has 2 aromatic rings. The second kappa shape index (κ2) is 6.46. The number of hydrogen-bond donors (Lipinski definition) is 1. The van der Waals surface area contributed by atoms with E-state index in [2.05, 4.69) is 22.2 Å². The van der Waals surface area contributed by atoms with Crippen molar-refractivity contribution in [3.63, 3.8) is 0 Å². The summed E-state index contributed by atoms with van der Waals surface area (Å²) in [5.74, 6) is 1.39. The van der Waals surface area contributed by atoms with E-state index in [1.807, 2.05) is 19.9 Å². The Kier molecular flexibility index (Phi) is 4.66.